The van der Waals surface area contributed by atoms with Gasteiger partial charge in [0.25, 0.3) is 0 Å². The van der Waals surface area contributed by atoms with E-state index in [0.29, 0.717) is 6.54 Å². The number of likely N-dealkylation sites (N-methyl/N-ethyl adjacent to an activating group) is 1. The Labute approximate surface area is 49.3 Å². The highest BCUT2D eigenvalue weighted by Crippen LogP contribution is 1.75. The average Bonchev–Trinajstić information content (AvgIpc) is 1.67. The number of nitrogens with two attached hydrogens (primary N) is 1. The van der Waals surface area contributed by atoms with Crippen LogP contribution in [0.2, 0.25) is 0 Å². The van der Waals surface area contributed by atoms with Crippen molar-refractivity contribution < 1.29 is 4.79 Å². The summed E-state index contributed by atoms with van der Waals surface area (Å²) in [5, 5.41) is 2.80. The van der Waals surface area contributed by atoms with E-state index in [1.54, 1.807) is 7.05 Å². The van der Waals surface area contributed by atoms with Crippen molar-refractivity contribution in [2.75, 3.05) is 13.6 Å². The molecule has 0 aromatic heterocycles. The van der Waals surface area contributed by atoms with E-state index in [9.17, 15) is 4.79 Å². The molecule has 1 atom stereocenters. The van der Waals surface area contributed by atoms with Gasteiger partial charge in [-0.05, 0) is 14.0 Å². The van der Waals surface area contributed by atoms with Gasteiger partial charge in [-0.2, -0.15) is 0 Å². The number of rotatable bonds is 3. The third-order valence-corrected chi connectivity index (χ3v) is 0.946. The van der Waals surface area contributed by atoms with E-state index in [2.05, 4.69) is 5.32 Å². The van der Waals surface area contributed by atoms with Crippen molar-refractivity contribution >= 4 is 5.78 Å². The summed E-state index contributed by atoms with van der Waals surface area (Å²) in [4.78, 5) is 10.4. The van der Waals surface area contributed by atoms with E-state index in [4.69, 9.17) is 5.73 Å². The van der Waals surface area contributed by atoms with Crippen LogP contribution in [0.1, 0.15) is 6.92 Å². The predicted octanol–water partition coefficient (Wildman–Crippen LogP) is -0.878. The molecular formula is C5H12N2O. The topological polar surface area (TPSA) is 55.1 Å². The Morgan fingerprint density at radius 3 is 2.50 bits per heavy atom. The Morgan fingerprint density at radius 2 is 2.38 bits per heavy atom. The second-order valence-electron chi connectivity index (χ2n) is 1.77. The molecule has 3 N–H and O–H groups in total. The number of ketones is 1. The molecule has 0 aromatic carbocycles. The summed E-state index contributed by atoms with van der Waals surface area (Å²) >= 11 is 0. The minimum Gasteiger partial charge on any atom is -0.320 e. The van der Waals surface area contributed by atoms with E-state index in [0.717, 1.165) is 0 Å². The molecule has 3 nitrogen and oxygen atoms in total. The largest absolute Gasteiger partial charge is 0.320 e. The van der Waals surface area contributed by atoms with Crippen LogP contribution >= 0.6 is 0 Å². The van der Waals surface area contributed by atoms with Gasteiger partial charge in [-0.25, -0.2) is 0 Å². The molecule has 48 valence electrons. The highest BCUT2D eigenvalue weighted by Gasteiger charge is 2.03. The number of hydrogen-bond acceptors (Lipinski definition) is 3. The first-order chi connectivity index (χ1) is 3.68. The molecule has 0 aliphatic heterocycles. The average molecular weight is 116 g/mol. The van der Waals surface area contributed by atoms with Gasteiger partial charge in [-0.3, -0.25) is 4.79 Å². The quantitative estimate of drug-likeness (QED) is 0.503. The van der Waals surface area contributed by atoms with Gasteiger partial charge in [-0.1, -0.05) is 0 Å². The minimum atomic E-state index is -0.333. The van der Waals surface area contributed by atoms with Crippen molar-refractivity contribution in [3.05, 3.63) is 0 Å². The molecule has 0 unspecified atom stereocenters. The molecule has 0 saturated heterocycles. The van der Waals surface area contributed by atoms with E-state index in [-0.39, 0.29) is 11.8 Å². The summed E-state index contributed by atoms with van der Waals surface area (Å²) in [7, 11) is 1.77. The second kappa shape index (κ2) is 3.57. The van der Waals surface area contributed by atoms with Crippen LogP contribution in [-0.2, 0) is 4.79 Å². The maximum atomic E-state index is 10.4. The first-order valence-electron chi connectivity index (χ1n) is 2.59. The highest BCUT2D eigenvalue weighted by atomic mass is 16.1. The molecule has 0 bridgehead atoms. The SMILES string of the molecule is CNC[C@H](N)C(C)=O. The van der Waals surface area contributed by atoms with Crippen molar-refractivity contribution in [3.63, 3.8) is 0 Å². The molecule has 8 heavy (non-hydrogen) atoms. The standard InChI is InChI=1S/C5H12N2O/c1-4(8)5(6)3-7-2/h5,7H,3,6H2,1-2H3/t5-/m0/s1. The highest BCUT2D eigenvalue weighted by molar-refractivity contribution is 5.81. The van der Waals surface area contributed by atoms with Crippen LogP contribution in [0, 0.1) is 0 Å². The molecule has 0 amide bonds. The van der Waals surface area contributed by atoms with Gasteiger partial charge in [-0.15, -0.1) is 0 Å². The van der Waals surface area contributed by atoms with Gasteiger partial charge in [0.2, 0.25) is 0 Å². The van der Waals surface area contributed by atoms with E-state index in [1.807, 2.05) is 0 Å². The summed E-state index contributed by atoms with van der Waals surface area (Å²) < 4.78 is 0. The second-order valence-corrected chi connectivity index (χ2v) is 1.77. The van der Waals surface area contributed by atoms with E-state index >= 15 is 0 Å². The van der Waals surface area contributed by atoms with Crippen molar-refractivity contribution in [3.8, 4) is 0 Å². The van der Waals surface area contributed by atoms with Crippen molar-refractivity contribution in [2.45, 2.75) is 13.0 Å². The molecule has 0 rings (SSSR count). The number of Topliss-reactive ketones (excluding diaryl/α,β-unsaturated/α-hetero) is 1. The normalized spacial score (nSPS) is 13.4. The molecule has 0 heterocycles. The Balaban J connectivity index is 3.32. The molecule has 0 aliphatic carbocycles. The first-order valence-corrected chi connectivity index (χ1v) is 2.59. The number of nitrogens with one attached hydrogen (secondary N) is 1. The Kier molecular flexibility index (Phi) is 3.39. The molecule has 3 heteroatoms. The maximum Gasteiger partial charge on any atom is 0.147 e. The van der Waals surface area contributed by atoms with Crippen LogP contribution in [0.15, 0.2) is 0 Å². The third kappa shape index (κ3) is 2.71. The molecule has 0 fully saturated rings. The van der Waals surface area contributed by atoms with Gasteiger partial charge in [0.15, 0.2) is 0 Å². The number of hydrogen-bond donors (Lipinski definition) is 2. The predicted molar refractivity (Wildman–Crippen MR) is 32.6 cm³/mol. The van der Waals surface area contributed by atoms with Crippen LogP contribution in [0.4, 0.5) is 0 Å². The van der Waals surface area contributed by atoms with E-state index in [1.165, 1.54) is 6.92 Å². The molecule has 0 aromatic rings. The van der Waals surface area contributed by atoms with Gasteiger partial charge in [0.1, 0.15) is 5.78 Å². The zero-order valence-electron chi connectivity index (χ0n) is 5.27. The van der Waals surface area contributed by atoms with Gasteiger partial charge >= 0.3 is 0 Å². The number of carbonyl (C=O) groups excluding carboxylic acids is 1. The molecule has 0 spiro atoms. The van der Waals surface area contributed by atoms with Crippen molar-refractivity contribution in [2.24, 2.45) is 5.73 Å². The fraction of sp³-hybridized carbons (Fsp3) is 0.800. The van der Waals surface area contributed by atoms with Crippen LogP contribution in [-0.4, -0.2) is 25.4 Å². The Bertz CT molecular complexity index is 82.5. The summed E-state index contributed by atoms with van der Waals surface area (Å²) in [6, 6.07) is -0.333. The lowest BCUT2D eigenvalue weighted by Crippen LogP contribution is -2.37. The van der Waals surface area contributed by atoms with Crippen LogP contribution < -0.4 is 11.1 Å². The lowest BCUT2D eigenvalue weighted by atomic mass is 10.2. The minimum absolute atomic E-state index is 0.0272. The monoisotopic (exact) mass is 116 g/mol. The van der Waals surface area contributed by atoms with Gasteiger partial charge in [0, 0.05) is 6.54 Å². The van der Waals surface area contributed by atoms with Crippen LogP contribution in [0.5, 0.6) is 0 Å². The zero-order valence-corrected chi connectivity index (χ0v) is 5.27. The summed E-state index contributed by atoms with van der Waals surface area (Å²) in [5.41, 5.74) is 5.31. The lowest BCUT2D eigenvalue weighted by molar-refractivity contribution is -0.118. The summed E-state index contributed by atoms with van der Waals surface area (Å²) in [6.45, 7) is 2.05. The first kappa shape index (κ1) is 7.59. The smallest absolute Gasteiger partial charge is 0.147 e. The Morgan fingerprint density at radius 1 is 1.88 bits per heavy atom. The van der Waals surface area contributed by atoms with Crippen LogP contribution in [0.25, 0.3) is 0 Å². The molecule has 0 saturated carbocycles. The molecule has 0 aliphatic rings. The fourth-order valence-electron chi connectivity index (χ4n) is 0.364. The van der Waals surface area contributed by atoms with Gasteiger partial charge < -0.3 is 11.1 Å². The number of carbonyl (C=O) groups is 1. The maximum absolute atomic E-state index is 10.4. The van der Waals surface area contributed by atoms with E-state index < -0.39 is 0 Å². The van der Waals surface area contributed by atoms with Crippen LogP contribution in [0.3, 0.4) is 0 Å². The van der Waals surface area contributed by atoms with Gasteiger partial charge in [0.05, 0.1) is 6.04 Å². The fourth-order valence-corrected chi connectivity index (χ4v) is 0.364. The lowest BCUT2D eigenvalue weighted by Gasteiger charge is -2.03. The summed E-state index contributed by atoms with van der Waals surface area (Å²) in [5.74, 6) is 0.0272. The molecular weight excluding hydrogens is 104 g/mol. The van der Waals surface area contributed by atoms with Crippen molar-refractivity contribution in [1.82, 2.24) is 5.32 Å². The zero-order chi connectivity index (χ0) is 6.57. The molecule has 0 radical (unpaired) electrons. The Hall–Kier alpha value is -0.410. The summed E-state index contributed by atoms with van der Waals surface area (Å²) in [6.07, 6.45) is 0. The van der Waals surface area contributed by atoms with Crippen molar-refractivity contribution in [1.29, 1.82) is 0 Å². The third-order valence-electron chi connectivity index (χ3n) is 0.946.